The number of aryl methyl sites for hydroxylation is 1. The number of urea groups is 1. The zero-order chi connectivity index (χ0) is 27.5. The molecule has 0 unspecified atom stereocenters. The van der Waals surface area contributed by atoms with E-state index in [1.807, 2.05) is 50.5 Å². The highest BCUT2D eigenvalue weighted by Crippen LogP contribution is 2.32. The number of likely N-dealkylation sites (tertiary alicyclic amines) is 1. The van der Waals surface area contributed by atoms with Crippen molar-refractivity contribution in [2.24, 2.45) is 7.05 Å². The zero-order valence-corrected chi connectivity index (χ0v) is 23.4. The second kappa shape index (κ2) is 11.7. The number of halogens is 2. The van der Waals surface area contributed by atoms with E-state index in [1.165, 1.54) is 0 Å². The van der Waals surface area contributed by atoms with Crippen LogP contribution < -0.4 is 10.6 Å². The van der Waals surface area contributed by atoms with Crippen LogP contribution in [0.5, 0.6) is 0 Å². The molecule has 0 radical (unpaired) electrons. The minimum absolute atomic E-state index is 0.0308. The maximum Gasteiger partial charge on any atom is 0.320 e. The number of hydrogen-bond acceptors (Lipinski definition) is 6. The third-order valence-electron chi connectivity index (χ3n) is 6.87. The molecule has 204 valence electrons. The van der Waals surface area contributed by atoms with Crippen LogP contribution in [-0.4, -0.2) is 74.9 Å². The molecule has 0 saturated carbocycles. The first-order valence-electron chi connectivity index (χ1n) is 12.6. The van der Waals surface area contributed by atoms with Crippen molar-refractivity contribution < 1.29 is 9.53 Å². The van der Waals surface area contributed by atoms with Crippen LogP contribution in [0, 0.1) is 6.92 Å². The van der Waals surface area contributed by atoms with Gasteiger partial charge in [-0.1, -0.05) is 41.4 Å². The normalized spacial score (nSPS) is 17.5. The molecule has 39 heavy (non-hydrogen) atoms. The summed E-state index contributed by atoms with van der Waals surface area (Å²) in [4.78, 5) is 19.8. The van der Waals surface area contributed by atoms with Gasteiger partial charge in [0.1, 0.15) is 21.8 Å². The molecule has 1 aliphatic heterocycles. The van der Waals surface area contributed by atoms with Crippen molar-refractivity contribution in [2.75, 3.05) is 38.7 Å². The molecule has 2 atom stereocenters. The smallest absolute Gasteiger partial charge is 0.320 e. The summed E-state index contributed by atoms with van der Waals surface area (Å²) in [6.45, 7) is 4.65. The lowest BCUT2D eigenvalue weighted by Gasteiger charge is -2.21. The van der Waals surface area contributed by atoms with E-state index in [-0.39, 0.29) is 18.0 Å². The fraction of sp³-hybridized carbons (Fsp3) is 0.333. The van der Waals surface area contributed by atoms with Crippen LogP contribution in [0.4, 0.5) is 10.6 Å². The van der Waals surface area contributed by atoms with Crippen LogP contribution in [0.3, 0.4) is 0 Å². The van der Waals surface area contributed by atoms with E-state index >= 15 is 0 Å². The number of ether oxygens (including phenoxy) is 1. The molecule has 2 N–H and O–H groups in total. The number of methoxy groups -OCH3 is 1. The average Bonchev–Trinajstić information content (AvgIpc) is 3.60. The van der Waals surface area contributed by atoms with E-state index in [4.69, 9.17) is 33.0 Å². The first-order chi connectivity index (χ1) is 18.8. The third kappa shape index (κ3) is 6.09. The number of rotatable bonds is 8. The number of pyridine rings is 1. The molecule has 0 aliphatic carbocycles. The van der Waals surface area contributed by atoms with Crippen molar-refractivity contribution in [3.05, 3.63) is 76.3 Å². The monoisotopic (exact) mass is 568 g/mol. The van der Waals surface area contributed by atoms with Crippen molar-refractivity contribution >= 4 is 35.1 Å². The second-order valence-corrected chi connectivity index (χ2v) is 10.4. The molecule has 12 heteroatoms. The Morgan fingerprint density at radius 2 is 1.90 bits per heavy atom. The molecule has 4 heterocycles. The molecule has 1 fully saturated rings. The Kier molecular flexibility index (Phi) is 8.18. The number of para-hydroxylation sites is 1. The summed E-state index contributed by atoms with van der Waals surface area (Å²) in [5.41, 5.74) is 4.20. The van der Waals surface area contributed by atoms with E-state index in [1.54, 1.807) is 34.8 Å². The summed E-state index contributed by atoms with van der Waals surface area (Å²) in [6.07, 6.45) is 3.66. The van der Waals surface area contributed by atoms with Gasteiger partial charge in [-0.2, -0.15) is 10.2 Å². The summed E-state index contributed by atoms with van der Waals surface area (Å²) in [5.74, 6) is 0.551. The molecule has 3 aromatic heterocycles. The highest BCUT2D eigenvalue weighted by atomic mass is 35.5. The number of amides is 2. The lowest BCUT2D eigenvalue weighted by atomic mass is 9.95. The minimum atomic E-state index is -0.331. The Morgan fingerprint density at radius 3 is 2.56 bits per heavy atom. The van der Waals surface area contributed by atoms with Crippen molar-refractivity contribution in [3.63, 3.8) is 0 Å². The van der Waals surface area contributed by atoms with Gasteiger partial charge in [0.05, 0.1) is 24.5 Å². The van der Waals surface area contributed by atoms with Crippen molar-refractivity contribution in [2.45, 2.75) is 18.9 Å². The number of hydrogen-bond donors (Lipinski definition) is 2. The zero-order valence-electron chi connectivity index (χ0n) is 21.9. The van der Waals surface area contributed by atoms with Gasteiger partial charge in [-0.05, 0) is 36.8 Å². The van der Waals surface area contributed by atoms with Gasteiger partial charge in [0.25, 0.3) is 0 Å². The summed E-state index contributed by atoms with van der Waals surface area (Å²) < 4.78 is 8.75. The Bertz CT molecular complexity index is 1440. The molecule has 5 rings (SSSR count). The molecule has 4 aromatic rings. The van der Waals surface area contributed by atoms with Crippen LogP contribution >= 0.6 is 23.2 Å². The third-order valence-corrected chi connectivity index (χ3v) is 7.26. The van der Waals surface area contributed by atoms with Gasteiger partial charge in [0, 0.05) is 57.0 Å². The van der Waals surface area contributed by atoms with Crippen LogP contribution in [0.15, 0.2) is 54.9 Å². The maximum atomic E-state index is 13.5. The van der Waals surface area contributed by atoms with Crippen molar-refractivity contribution in [3.8, 4) is 16.9 Å². The van der Waals surface area contributed by atoms with Crippen molar-refractivity contribution in [1.29, 1.82) is 0 Å². The summed E-state index contributed by atoms with van der Waals surface area (Å²) >= 11 is 12.4. The molecular formula is C27H30Cl2N8O2. The summed E-state index contributed by atoms with van der Waals surface area (Å²) in [5, 5.41) is 16.0. The van der Waals surface area contributed by atoms with Crippen LogP contribution in [-0.2, 0) is 11.8 Å². The molecule has 2 amide bonds. The number of carbonyl (C=O) groups excluding carboxylic acids is 1. The number of aromatic nitrogens is 5. The van der Waals surface area contributed by atoms with Gasteiger partial charge < -0.3 is 10.1 Å². The highest BCUT2D eigenvalue weighted by Gasteiger charge is 2.35. The van der Waals surface area contributed by atoms with Crippen LogP contribution in [0.25, 0.3) is 16.9 Å². The molecule has 10 nitrogen and oxygen atoms in total. The standard InChI is InChI=1S/C27H30Cl2N8O2/c1-17-25(19-13-30-35(2)14-19)34-37(20-7-5-4-6-8-20)26(17)33-27(38)31-22-16-36(9-10-39-3)15-21(22)18-11-23(28)32-24(29)12-18/h4-8,11-14,21-22H,9-10,15-16H2,1-3H3,(H2,31,33,38)/t21-,22+/m0/s1. The van der Waals surface area contributed by atoms with Crippen LogP contribution in [0.1, 0.15) is 17.0 Å². The Morgan fingerprint density at radius 1 is 1.15 bits per heavy atom. The van der Waals surface area contributed by atoms with Gasteiger partial charge in [0.15, 0.2) is 0 Å². The molecular weight excluding hydrogens is 539 g/mol. The van der Waals surface area contributed by atoms with Gasteiger partial charge in [-0.3, -0.25) is 14.9 Å². The molecule has 1 aliphatic rings. The van der Waals surface area contributed by atoms with Crippen LogP contribution in [0.2, 0.25) is 10.3 Å². The molecule has 1 saturated heterocycles. The summed E-state index contributed by atoms with van der Waals surface area (Å²) in [7, 11) is 3.54. The first kappa shape index (κ1) is 27.1. The number of carbonyl (C=O) groups is 1. The van der Waals surface area contributed by atoms with Crippen molar-refractivity contribution in [1.82, 2.24) is 34.8 Å². The van der Waals surface area contributed by atoms with Gasteiger partial charge in [-0.25, -0.2) is 14.5 Å². The SMILES string of the molecule is COCCN1C[C@@H](NC(=O)Nc2c(C)c(-c3cnn(C)c3)nn2-c2ccccc2)[C@H](c2cc(Cl)nc(Cl)c2)C1. The number of anilines is 1. The molecule has 0 spiro atoms. The average molecular weight is 569 g/mol. The van der Waals surface area contributed by atoms with Gasteiger partial charge >= 0.3 is 6.03 Å². The quantitative estimate of drug-likeness (QED) is 0.303. The van der Waals surface area contributed by atoms with E-state index in [2.05, 4.69) is 25.6 Å². The topological polar surface area (TPSA) is 102 Å². The molecule has 1 aromatic carbocycles. The Labute approximate surface area is 236 Å². The van der Waals surface area contributed by atoms with E-state index in [9.17, 15) is 4.79 Å². The number of nitrogens with zero attached hydrogens (tertiary/aromatic N) is 6. The largest absolute Gasteiger partial charge is 0.383 e. The van der Waals surface area contributed by atoms with E-state index in [0.29, 0.717) is 29.3 Å². The van der Waals surface area contributed by atoms with E-state index in [0.717, 1.165) is 41.2 Å². The van der Waals surface area contributed by atoms with Gasteiger partial charge in [-0.15, -0.1) is 0 Å². The van der Waals surface area contributed by atoms with E-state index < -0.39 is 0 Å². The predicted octanol–water partition coefficient (Wildman–Crippen LogP) is 4.52. The Hall–Kier alpha value is -3.44. The molecule has 0 bridgehead atoms. The Balaban J connectivity index is 1.42. The fourth-order valence-electron chi connectivity index (χ4n) is 5.00. The minimum Gasteiger partial charge on any atom is -0.383 e. The highest BCUT2D eigenvalue weighted by molar-refractivity contribution is 6.32. The number of benzene rings is 1. The summed E-state index contributed by atoms with van der Waals surface area (Å²) in [6, 6.07) is 12.8. The first-order valence-corrected chi connectivity index (χ1v) is 13.3. The lowest BCUT2D eigenvalue weighted by Crippen LogP contribution is -2.42. The second-order valence-electron chi connectivity index (χ2n) is 9.58. The fourth-order valence-corrected chi connectivity index (χ4v) is 5.48. The number of nitrogens with one attached hydrogen (secondary N) is 2. The predicted molar refractivity (Wildman–Crippen MR) is 152 cm³/mol. The van der Waals surface area contributed by atoms with Gasteiger partial charge in [0.2, 0.25) is 0 Å². The lowest BCUT2D eigenvalue weighted by molar-refractivity contribution is 0.159. The maximum absolute atomic E-state index is 13.5.